The highest BCUT2D eigenvalue weighted by molar-refractivity contribution is 5.62. The molecule has 0 aliphatic carbocycles. The molecule has 6 nitrogen and oxygen atoms in total. The lowest BCUT2D eigenvalue weighted by Crippen LogP contribution is -2.55. The standard InChI is InChI=1S/C27H38N2O4/c1-7-28(8-2)22(15-13-19(3)4)27(30)29-21-11-9-10-12-24(21)33-18-23(29)20-14-16-25(31-5)26(17-20)32-6/h9-12,14,16-17,22-23,27,30H,3,7-8,13,15,18H2,1-2,4-6H3. The number of rotatable bonds is 11. The lowest BCUT2D eigenvalue weighted by Gasteiger charge is -2.46. The lowest BCUT2D eigenvalue weighted by atomic mass is 9.97. The molecule has 1 aliphatic heterocycles. The van der Waals surface area contributed by atoms with E-state index in [-0.39, 0.29) is 12.1 Å². The molecule has 0 amide bonds. The molecule has 0 radical (unpaired) electrons. The van der Waals surface area contributed by atoms with Gasteiger partial charge in [-0.2, -0.15) is 0 Å². The van der Waals surface area contributed by atoms with Gasteiger partial charge in [-0.05, 0) is 62.7 Å². The van der Waals surface area contributed by atoms with Crippen LogP contribution >= 0.6 is 0 Å². The molecule has 0 bridgehead atoms. The number of hydrogen-bond acceptors (Lipinski definition) is 6. The molecule has 33 heavy (non-hydrogen) atoms. The second kappa shape index (κ2) is 11.4. The van der Waals surface area contributed by atoms with Crippen LogP contribution in [-0.4, -0.2) is 56.2 Å². The van der Waals surface area contributed by atoms with Crippen molar-refractivity contribution in [1.29, 1.82) is 0 Å². The number of methoxy groups -OCH3 is 2. The fourth-order valence-corrected chi connectivity index (χ4v) is 4.65. The van der Waals surface area contributed by atoms with E-state index in [0.29, 0.717) is 18.1 Å². The molecular weight excluding hydrogens is 416 g/mol. The zero-order valence-electron chi connectivity index (χ0n) is 20.6. The van der Waals surface area contributed by atoms with Crippen LogP contribution in [0.5, 0.6) is 17.2 Å². The topological polar surface area (TPSA) is 54.4 Å². The van der Waals surface area contributed by atoms with Crippen molar-refractivity contribution in [3.8, 4) is 17.2 Å². The number of allylic oxidation sites excluding steroid dienone is 1. The summed E-state index contributed by atoms with van der Waals surface area (Å²) in [5.74, 6) is 2.12. The monoisotopic (exact) mass is 454 g/mol. The summed E-state index contributed by atoms with van der Waals surface area (Å²) in [4.78, 5) is 4.44. The van der Waals surface area contributed by atoms with Crippen LogP contribution in [0.4, 0.5) is 5.69 Å². The molecule has 0 saturated heterocycles. The molecular formula is C27H38N2O4. The van der Waals surface area contributed by atoms with Crippen molar-refractivity contribution in [1.82, 2.24) is 4.90 Å². The normalized spacial score (nSPS) is 17.2. The minimum absolute atomic E-state index is 0.0505. The summed E-state index contributed by atoms with van der Waals surface area (Å²) in [7, 11) is 3.26. The third kappa shape index (κ3) is 5.45. The molecule has 3 atom stereocenters. The molecule has 0 saturated carbocycles. The molecule has 0 fully saturated rings. The van der Waals surface area contributed by atoms with E-state index in [4.69, 9.17) is 14.2 Å². The van der Waals surface area contributed by atoms with Gasteiger partial charge in [-0.25, -0.2) is 0 Å². The van der Waals surface area contributed by atoms with Crippen LogP contribution in [0.3, 0.4) is 0 Å². The van der Waals surface area contributed by atoms with Gasteiger partial charge in [0.05, 0.1) is 32.0 Å². The maximum atomic E-state index is 11.9. The Morgan fingerprint density at radius 3 is 2.48 bits per heavy atom. The number of aliphatic hydroxyl groups is 1. The zero-order chi connectivity index (χ0) is 24.0. The minimum atomic E-state index is -0.729. The van der Waals surface area contributed by atoms with Crippen molar-refractivity contribution in [2.24, 2.45) is 0 Å². The summed E-state index contributed by atoms with van der Waals surface area (Å²) in [5, 5.41) is 11.9. The van der Waals surface area contributed by atoms with Gasteiger partial charge in [-0.15, -0.1) is 6.58 Å². The van der Waals surface area contributed by atoms with Gasteiger partial charge < -0.3 is 24.2 Å². The van der Waals surface area contributed by atoms with E-state index in [1.807, 2.05) is 49.4 Å². The van der Waals surface area contributed by atoms with Crippen molar-refractivity contribution >= 4 is 5.69 Å². The molecule has 0 spiro atoms. The number of nitrogens with zero attached hydrogens (tertiary/aromatic N) is 2. The molecule has 6 heteroatoms. The first-order valence-electron chi connectivity index (χ1n) is 11.7. The first kappa shape index (κ1) is 24.9. The number of para-hydroxylation sites is 2. The first-order chi connectivity index (χ1) is 15.9. The van der Waals surface area contributed by atoms with Gasteiger partial charge in [0.15, 0.2) is 11.5 Å². The molecule has 2 aromatic rings. The van der Waals surface area contributed by atoms with Gasteiger partial charge in [-0.3, -0.25) is 4.90 Å². The van der Waals surface area contributed by atoms with Crippen molar-refractivity contribution in [2.75, 3.05) is 38.8 Å². The number of ether oxygens (including phenoxy) is 3. The Kier molecular flexibility index (Phi) is 8.64. The molecule has 3 unspecified atom stereocenters. The molecule has 1 aliphatic rings. The summed E-state index contributed by atoms with van der Waals surface area (Å²) >= 11 is 0. The number of fused-ring (bicyclic) bond motifs is 1. The fraction of sp³-hybridized carbons (Fsp3) is 0.481. The van der Waals surface area contributed by atoms with Crippen molar-refractivity contribution < 1.29 is 19.3 Å². The molecule has 0 aromatic heterocycles. The number of likely N-dealkylation sites (N-methyl/N-ethyl adjacent to an activating group) is 1. The highest BCUT2D eigenvalue weighted by Crippen LogP contribution is 2.43. The second-order valence-electron chi connectivity index (χ2n) is 8.51. The maximum Gasteiger partial charge on any atom is 0.161 e. The van der Waals surface area contributed by atoms with Gasteiger partial charge in [0, 0.05) is 0 Å². The number of anilines is 1. The smallest absolute Gasteiger partial charge is 0.161 e. The first-order valence-corrected chi connectivity index (χ1v) is 11.7. The van der Waals surface area contributed by atoms with Gasteiger partial charge >= 0.3 is 0 Å². The Morgan fingerprint density at radius 2 is 1.85 bits per heavy atom. The summed E-state index contributed by atoms with van der Waals surface area (Å²) in [6.07, 6.45) is 0.967. The van der Waals surface area contributed by atoms with E-state index in [1.165, 1.54) is 0 Å². The Morgan fingerprint density at radius 1 is 1.15 bits per heavy atom. The van der Waals surface area contributed by atoms with Gasteiger partial charge in [0.2, 0.25) is 0 Å². The predicted octanol–water partition coefficient (Wildman–Crippen LogP) is 5.03. The predicted molar refractivity (Wildman–Crippen MR) is 133 cm³/mol. The van der Waals surface area contributed by atoms with E-state index < -0.39 is 6.23 Å². The summed E-state index contributed by atoms with van der Waals surface area (Å²) < 4.78 is 17.1. The van der Waals surface area contributed by atoms with E-state index in [9.17, 15) is 5.11 Å². The third-order valence-electron chi connectivity index (χ3n) is 6.45. The van der Waals surface area contributed by atoms with E-state index in [2.05, 4.69) is 30.2 Å². The van der Waals surface area contributed by atoms with Crippen LogP contribution in [0.2, 0.25) is 0 Å². The van der Waals surface area contributed by atoms with Gasteiger partial charge in [-0.1, -0.05) is 37.6 Å². The number of hydrogen-bond donors (Lipinski definition) is 1. The highest BCUT2D eigenvalue weighted by Gasteiger charge is 2.38. The summed E-state index contributed by atoms with van der Waals surface area (Å²) in [5.41, 5.74) is 3.01. The Bertz CT molecular complexity index is 928. The average Bonchev–Trinajstić information content (AvgIpc) is 2.84. The lowest BCUT2D eigenvalue weighted by molar-refractivity contribution is 0.0341. The third-order valence-corrected chi connectivity index (χ3v) is 6.45. The maximum absolute atomic E-state index is 11.9. The SMILES string of the molecule is C=C(C)CCC(C(O)N1c2ccccc2OCC1c1ccc(OC)c(OC)c1)N(CC)CC. The molecule has 1 N–H and O–H groups in total. The molecule has 2 aromatic carbocycles. The van der Waals surface area contributed by atoms with E-state index >= 15 is 0 Å². The zero-order valence-corrected chi connectivity index (χ0v) is 20.6. The molecule has 180 valence electrons. The minimum Gasteiger partial charge on any atom is -0.493 e. The van der Waals surface area contributed by atoms with E-state index in [1.54, 1.807) is 14.2 Å². The molecule has 1 heterocycles. The van der Waals surface area contributed by atoms with Crippen LogP contribution in [0, 0.1) is 0 Å². The average molecular weight is 455 g/mol. The van der Waals surface area contributed by atoms with Gasteiger partial charge in [0.25, 0.3) is 0 Å². The Labute approximate surface area is 198 Å². The number of aliphatic hydroxyl groups excluding tert-OH is 1. The highest BCUT2D eigenvalue weighted by atomic mass is 16.5. The number of benzene rings is 2. The van der Waals surface area contributed by atoms with Crippen LogP contribution < -0.4 is 19.1 Å². The van der Waals surface area contributed by atoms with Crippen LogP contribution in [-0.2, 0) is 0 Å². The summed E-state index contributed by atoms with van der Waals surface area (Å²) in [6, 6.07) is 13.6. The van der Waals surface area contributed by atoms with Crippen LogP contribution in [0.15, 0.2) is 54.6 Å². The van der Waals surface area contributed by atoms with E-state index in [0.717, 1.165) is 48.5 Å². The quantitative estimate of drug-likeness (QED) is 0.481. The van der Waals surface area contributed by atoms with Gasteiger partial charge in [0.1, 0.15) is 18.6 Å². The van der Waals surface area contributed by atoms with Crippen LogP contribution in [0.1, 0.15) is 45.2 Å². The Balaban J connectivity index is 2.06. The fourth-order valence-electron chi connectivity index (χ4n) is 4.65. The van der Waals surface area contributed by atoms with Crippen molar-refractivity contribution in [3.63, 3.8) is 0 Å². The second-order valence-corrected chi connectivity index (χ2v) is 8.51. The largest absolute Gasteiger partial charge is 0.493 e. The van der Waals surface area contributed by atoms with Crippen molar-refractivity contribution in [2.45, 2.75) is 51.9 Å². The Hall–Kier alpha value is -2.70. The van der Waals surface area contributed by atoms with Crippen LogP contribution in [0.25, 0.3) is 0 Å². The summed E-state index contributed by atoms with van der Waals surface area (Å²) in [6.45, 7) is 12.6. The van der Waals surface area contributed by atoms with Crippen molar-refractivity contribution in [3.05, 3.63) is 60.2 Å². The molecule has 3 rings (SSSR count).